The quantitative estimate of drug-likeness (QED) is 0.592. The molecule has 3 heteroatoms. The summed E-state index contributed by atoms with van der Waals surface area (Å²) >= 11 is 0. The second-order valence-corrected chi connectivity index (χ2v) is 4.64. The molecule has 0 bridgehead atoms. The van der Waals surface area contributed by atoms with Crippen LogP contribution >= 0.6 is 0 Å². The molecule has 0 N–H and O–H groups in total. The number of Topliss-reactive ketones (excluding diaryl/α,β-unsaturated/α-hetero) is 1. The molecule has 2 rings (SSSR count). The van der Waals surface area contributed by atoms with Crippen molar-refractivity contribution in [2.45, 2.75) is 32.6 Å². The molecule has 1 fully saturated rings. The lowest BCUT2D eigenvalue weighted by Gasteiger charge is -2.14. The van der Waals surface area contributed by atoms with Gasteiger partial charge in [0.2, 0.25) is 0 Å². The zero-order valence-corrected chi connectivity index (χ0v) is 10.8. The molecule has 0 amide bonds. The van der Waals surface area contributed by atoms with Crippen LogP contribution in [-0.4, -0.2) is 18.4 Å². The second kappa shape index (κ2) is 4.92. The number of hydrogen-bond donors (Lipinski definition) is 0. The van der Waals surface area contributed by atoms with E-state index in [-0.39, 0.29) is 17.7 Å². The normalized spacial score (nSPS) is 25.6. The number of ketones is 1. The van der Waals surface area contributed by atoms with Crippen LogP contribution in [-0.2, 0) is 14.3 Å². The molecule has 1 aromatic carbocycles. The van der Waals surface area contributed by atoms with Gasteiger partial charge in [-0.1, -0.05) is 37.3 Å². The van der Waals surface area contributed by atoms with Crippen LogP contribution in [0.4, 0.5) is 0 Å². The van der Waals surface area contributed by atoms with E-state index < -0.39 is 5.41 Å². The number of rotatable bonds is 5. The third-order valence-electron chi connectivity index (χ3n) is 3.62. The van der Waals surface area contributed by atoms with Gasteiger partial charge in [-0.15, -0.1) is 0 Å². The molecule has 1 aliphatic rings. The van der Waals surface area contributed by atoms with Crippen LogP contribution < -0.4 is 0 Å². The van der Waals surface area contributed by atoms with Gasteiger partial charge in [0.15, 0.2) is 5.78 Å². The Labute approximate surface area is 107 Å². The summed E-state index contributed by atoms with van der Waals surface area (Å²) < 4.78 is 5.08. The van der Waals surface area contributed by atoms with Crippen molar-refractivity contribution < 1.29 is 14.3 Å². The third kappa shape index (κ3) is 1.94. The van der Waals surface area contributed by atoms with Gasteiger partial charge in [-0.2, -0.15) is 0 Å². The van der Waals surface area contributed by atoms with Crippen LogP contribution in [0.3, 0.4) is 0 Å². The van der Waals surface area contributed by atoms with Gasteiger partial charge < -0.3 is 4.74 Å². The molecule has 1 aliphatic carbocycles. The van der Waals surface area contributed by atoms with E-state index in [1.54, 1.807) is 13.8 Å². The van der Waals surface area contributed by atoms with Crippen LogP contribution in [0.15, 0.2) is 30.3 Å². The SMILES string of the molecule is CCOC(=O)C1(C(=O)CC)CC1c1ccccc1. The Bertz CT molecular complexity index is 452. The van der Waals surface area contributed by atoms with Gasteiger partial charge in [-0.3, -0.25) is 9.59 Å². The molecule has 3 nitrogen and oxygen atoms in total. The van der Waals surface area contributed by atoms with Crippen molar-refractivity contribution in [3.8, 4) is 0 Å². The molecule has 2 atom stereocenters. The smallest absolute Gasteiger partial charge is 0.320 e. The van der Waals surface area contributed by atoms with E-state index >= 15 is 0 Å². The van der Waals surface area contributed by atoms with E-state index in [0.29, 0.717) is 19.4 Å². The first kappa shape index (κ1) is 12.8. The highest BCUT2D eigenvalue weighted by Gasteiger charge is 2.65. The molecule has 0 aromatic heterocycles. The summed E-state index contributed by atoms with van der Waals surface area (Å²) in [6, 6.07) is 9.72. The van der Waals surface area contributed by atoms with Crippen LogP contribution in [0.25, 0.3) is 0 Å². The topological polar surface area (TPSA) is 43.4 Å². The minimum atomic E-state index is -0.911. The number of carbonyl (C=O) groups is 2. The maximum absolute atomic E-state index is 12.1. The molecule has 0 radical (unpaired) electrons. The van der Waals surface area contributed by atoms with Gasteiger partial charge in [-0.05, 0) is 18.9 Å². The molecule has 1 saturated carbocycles. The largest absolute Gasteiger partial charge is 0.465 e. The van der Waals surface area contributed by atoms with Crippen LogP contribution in [0, 0.1) is 5.41 Å². The highest BCUT2D eigenvalue weighted by molar-refractivity contribution is 6.08. The fourth-order valence-corrected chi connectivity index (χ4v) is 2.57. The van der Waals surface area contributed by atoms with Gasteiger partial charge in [0.1, 0.15) is 5.41 Å². The maximum atomic E-state index is 12.1. The van der Waals surface area contributed by atoms with Gasteiger partial charge in [0, 0.05) is 12.3 Å². The van der Waals surface area contributed by atoms with Crippen molar-refractivity contribution in [3.05, 3.63) is 35.9 Å². The Balaban J connectivity index is 2.26. The lowest BCUT2D eigenvalue weighted by atomic mass is 9.93. The molecule has 1 aromatic rings. The number of benzene rings is 1. The molecule has 18 heavy (non-hydrogen) atoms. The number of carbonyl (C=O) groups excluding carboxylic acids is 2. The standard InChI is InChI=1S/C15H18O3/c1-3-13(16)15(14(17)18-4-2)10-12(15)11-8-6-5-7-9-11/h5-9,12H,3-4,10H2,1-2H3. The van der Waals surface area contributed by atoms with Crippen LogP contribution in [0.2, 0.25) is 0 Å². The minimum Gasteiger partial charge on any atom is -0.465 e. The highest BCUT2D eigenvalue weighted by Crippen LogP contribution is 2.61. The average molecular weight is 246 g/mol. The Morgan fingerprint density at radius 2 is 1.94 bits per heavy atom. The van der Waals surface area contributed by atoms with E-state index in [9.17, 15) is 9.59 Å². The minimum absolute atomic E-state index is 0.00481. The lowest BCUT2D eigenvalue weighted by molar-refractivity contribution is -0.153. The summed E-state index contributed by atoms with van der Waals surface area (Å²) in [6.45, 7) is 3.88. The molecule has 0 spiro atoms. The van der Waals surface area contributed by atoms with Crippen molar-refractivity contribution in [1.29, 1.82) is 0 Å². The predicted octanol–water partition coefficient (Wildman–Crippen LogP) is 2.70. The summed E-state index contributed by atoms with van der Waals surface area (Å²) in [5.41, 5.74) is 0.138. The van der Waals surface area contributed by atoms with Gasteiger partial charge >= 0.3 is 5.97 Å². The van der Waals surface area contributed by atoms with E-state index in [2.05, 4.69) is 0 Å². The zero-order chi connectivity index (χ0) is 13.2. The van der Waals surface area contributed by atoms with Gasteiger partial charge in [-0.25, -0.2) is 0 Å². The monoisotopic (exact) mass is 246 g/mol. The molecule has 0 heterocycles. The van der Waals surface area contributed by atoms with E-state index in [1.165, 1.54) is 0 Å². The second-order valence-electron chi connectivity index (χ2n) is 4.64. The Kier molecular flexibility index (Phi) is 3.50. The van der Waals surface area contributed by atoms with E-state index in [1.807, 2.05) is 30.3 Å². The highest BCUT2D eigenvalue weighted by atomic mass is 16.5. The summed E-state index contributed by atoms with van der Waals surface area (Å²) in [6.07, 6.45) is 0.963. The van der Waals surface area contributed by atoms with Crippen LogP contribution in [0.1, 0.15) is 38.2 Å². The summed E-state index contributed by atoms with van der Waals surface area (Å²) in [4.78, 5) is 24.2. The summed E-state index contributed by atoms with van der Waals surface area (Å²) in [5, 5.41) is 0. The zero-order valence-electron chi connectivity index (χ0n) is 10.8. The number of esters is 1. The van der Waals surface area contributed by atoms with Crippen molar-refractivity contribution in [1.82, 2.24) is 0 Å². The lowest BCUT2D eigenvalue weighted by Crippen LogP contribution is -2.29. The molecular weight excluding hydrogens is 228 g/mol. The number of ether oxygens (including phenoxy) is 1. The van der Waals surface area contributed by atoms with Crippen LogP contribution in [0.5, 0.6) is 0 Å². The Hall–Kier alpha value is -1.64. The summed E-state index contributed by atoms with van der Waals surface area (Å²) in [7, 11) is 0. The molecule has 0 aliphatic heterocycles. The fraction of sp³-hybridized carbons (Fsp3) is 0.467. The number of hydrogen-bond acceptors (Lipinski definition) is 3. The molecular formula is C15H18O3. The first-order valence-corrected chi connectivity index (χ1v) is 6.42. The van der Waals surface area contributed by atoms with Crippen molar-refractivity contribution in [2.24, 2.45) is 5.41 Å². The van der Waals surface area contributed by atoms with Crippen molar-refractivity contribution in [3.63, 3.8) is 0 Å². The molecule has 96 valence electrons. The first-order valence-electron chi connectivity index (χ1n) is 6.42. The van der Waals surface area contributed by atoms with E-state index in [0.717, 1.165) is 5.56 Å². The fourth-order valence-electron chi connectivity index (χ4n) is 2.57. The van der Waals surface area contributed by atoms with Gasteiger partial charge in [0.25, 0.3) is 0 Å². The first-order chi connectivity index (χ1) is 8.66. The van der Waals surface area contributed by atoms with Crippen molar-refractivity contribution >= 4 is 11.8 Å². The Morgan fingerprint density at radius 3 is 2.50 bits per heavy atom. The molecule has 2 unspecified atom stereocenters. The average Bonchev–Trinajstić information content (AvgIpc) is 3.16. The van der Waals surface area contributed by atoms with Gasteiger partial charge in [0.05, 0.1) is 6.61 Å². The third-order valence-corrected chi connectivity index (χ3v) is 3.62. The van der Waals surface area contributed by atoms with Crippen molar-refractivity contribution in [2.75, 3.05) is 6.61 Å². The van der Waals surface area contributed by atoms with E-state index in [4.69, 9.17) is 4.74 Å². The molecule has 0 saturated heterocycles. The predicted molar refractivity (Wildman–Crippen MR) is 68.2 cm³/mol. The Morgan fingerprint density at radius 1 is 1.28 bits per heavy atom. The summed E-state index contributed by atoms with van der Waals surface area (Å²) in [5.74, 6) is -0.370. The maximum Gasteiger partial charge on any atom is 0.320 e.